The number of aryl methyl sites for hydroxylation is 2. The second kappa shape index (κ2) is 5.25. The van der Waals surface area contributed by atoms with Crippen molar-refractivity contribution in [3.63, 3.8) is 0 Å². The Kier molecular flexibility index (Phi) is 3.01. The Hall–Kier alpha value is -3.00. The van der Waals surface area contributed by atoms with E-state index in [-0.39, 0.29) is 0 Å². The van der Waals surface area contributed by atoms with Crippen LogP contribution < -0.4 is 0 Å². The van der Waals surface area contributed by atoms with Gasteiger partial charge in [-0.1, -0.05) is 24.3 Å². The van der Waals surface area contributed by atoms with E-state index in [9.17, 15) is 0 Å². The largest absolute Gasteiger partial charge is 0.351 e. The lowest BCUT2D eigenvalue weighted by atomic mass is 9.94. The fourth-order valence-corrected chi connectivity index (χ4v) is 3.96. The number of hydrogen-bond acceptors (Lipinski definition) is 0. The van der Waals surface area contributed by atoms with E-state index in [1.54, 1.807) is 0 Å². The Morgan fingerprint density at radius 3 is 2.20 bits per heavy atom. The molecule has 0 spiro atoms. The van der Waals surface area contributed by atoms with Crippen LogP contribution in [0.2, 0.25) is 0 Å². The summed E-state index contributed by atoms with van der Waals surface area (Å²) in [4.78, 5) is 0. The fourth-order valence-electron chi connectivity index (χ4n) is 3.96. The van der Waals surface area contributed by atoms with Crippen LogP contribution in [0, 0.1) is 6.07 Å². The first-order chi connectivity index (χ1) is 12.2. The number of benzene rings is 2. The zero-order valence-electron chi connectivity index (χ0n) is 14.5. The molecule has 2 heteroatoms. The molecule has 0 N–H and O–H groups in total. The molecule has 0 saturated heterocycles. The highest BCUT2D eigenvalue weighted by Gasteiger charge is 2.23. The second-order valence-electron chi connectivity index (χ2n) is 6.79. The van der Waals surface area contributed by atoms with E-state index < -0.39 is 0 Å². The smallest absolute Gasteiger partial charge is 0.0490 e. The van der Waals surface area contributed by atoms with Gasteiger partial charge in [-0.25, -0.2) is 0 Å². The van der Waals surface area contributed by atoms with Crippen LogP contribution in [0.15, 0.2) is 67.0 Å². The van der Waals surface area contributed by atoms with Gasteiger partial charge in [0.15, 0.2) is 0 Å². The Bertz CT molecular complexity index is 1090. The number of fused-ring (bicyclic) bond motifs is 3. The third-order valence-electron chi connectivity index (χ3n) is 5.25. The highest BCUT2D eigenvalue weighted by Crippen LogP contribution is 2.43. The lowest BCUT2D eigenvalue weighted by molar-refractivity contribution is 0.928. The van der Waals surface area contributed by atoms with Gasteiger partial charge in [-0.3, -0.25) is 0 Å². The van der Waals surface area contributed by atoms with Crippen LogP contribution in [-0.4, -0.2) is 9.13 Å². The van der Waals surface area contributed by atoms with E-state index in [0.717, 1.165) is 6.42 Å². The van der Waals surface area contributed by atoms with Crippen molar-refractivity contribution in [1.29, 1.82) is 0 Å². The Balaban J connectivity index is 1.82. The summed E-state index contributed by atoms with van der Waals surface area (Å²) in [5, 5.41) is 0. The molecule has 121 valence electrons. The van der Waals surface area contributed by atoms with Crippen LogP contribution in [0.5, 0.6) is 0 Å². The molecule has 1 radical (unpaired) electrons. The Morgan fingerprint density at radius 2 is 1.48 bits per heavy atom. The topological polar surface area (TPSA) is 9.86 Å². The average Bonchev–Trinajstić information content (AvgIpc) is 3.31. The van der Waals surface area contributed by atoms with Gasteiger partial charge in [-0.05, 0) is 65.1 Å². The van der Waals surface area contributed by atoms with Crippen LogP contribution in [-0.2, 0) is 20.5 Å². The second-order valence-corrected chi connectivity index (χ2v) is 6.79. The van der Waals surface area contributed by atoms with Crippen molar-refractivity contribution in [3.8, 4) is 33.6 Å². The number of aromatic nitrogens is 2. The van der Waals surface area contributed by atoms with Crippen molar-refractivity contribution in [2.45, 2.75) is 6.42 Å². The van der Waals surface area contributed by atoms with Gasteiger partial charge in [-0.2, -0.15) is 0 Å². The van der Waals surface area contributed by atoms with Crippen LogP contribution in [0.25, 0.3) is 33.6 Å². The van der Waals surface area contributed by atoms with Gasteiger partial charge in [0, 0.05) is 49.0 Å². The number of nitrogens with zero attached hydrogens (tertiary/aromatic N) is 2. The zero-order chi connectivity index (χ0) is 17.0. The molecule has 0 fully saturated rings. The van der Waals surface area contributed by atoms with Crippen molar-refractivity contribution in [2.24, 2.45) is 14.1 Å². The summed E-state index contributed by atoms with van der Waals surface area (Å²) in [6.45, 7) is 0. The molecule has 4 aromatic rings. The van der Waals surface area contributed by atoms with E-state index in [2.05, 4.69) is 96.3 Å². The minimum Gasteiger partial charge on any atom is -0.351 e. The molecular weight excluding hydrogens is 304 g/mol. The van der Waals surface area contributed by atoms with Crippen LogP contribution in [0.1, 0.15) is 11.1 Å². The SMILES string of the molecule is Cn1cccc1-c1[c]c2c(cc1-c1cccn1C)-c1ccccc1C2. The molecular formula is C23H19N2. The predicted molar refractivity (Wildman–Crippen MR) is 102 cm³/mol. The van der Waals surface area contributed by atoms with E-state index in [0.29, 0.717) is 0 Å². The van der Waals surface area contributed by atoms with Crippen LogP contribution in [0.3, 0.4) is 0 Å². The monoisotopic (exact) mass is 323 g/mol. The van der Waals surface area contributed by atoms with Crippen molar-refractivity contribution in [1.82, 2.24) is 9.13 Å². The van der Waals surface area contributed by atoms with Gasteiger partial charge >= 0.3 is 0 Å². The molecule has 2 aromatic heterocycles. The third kappa shape index (κ3) is 2.11. The molecule has 1 aliphatic carbocycles. The van der Waals surface area contributed by atoms with Crippen molar-refractivity contribution >= 4 is 0 Å². The quantitative estimate of drug-likeness (QED) is 0.429. The Labute approximate surface area is 148 Å². The summed E-state index contributed by atoms with van der Waals surface area (Å²) in [5.74, 6) is 0. The summed E-state index contributed by atoms with van der Waals surface area (Å²) in [5.41, 5.74) is 10.2. The first-order valence-electron chi connectivity index (χ1n) is 8.63. The molecule has 0 atom stereocenters. The lowest BCUT2D eigenvalue weighted by Crippen LogP contribution is -1.97. The molecule has 0 saturated carbocycles. The van der Waals surface area contributed by atoms with Crippen molar-refractivity contribution < 1.29 is 0 Å². The van der Waals surface area contributed by atoms with E-state index in [1.807, 2.05) is 0 Å². The maximum atomic E-state index is 3.76. The van der Waals surface area contributed by atoms with E-state index in [1.165, 1.54) is 44.8 Å². The maximum absolute atomic E-state index is 3.76. The molecule has 2 aromatic carbocycles. The summed E-state index contributed by atoms with van der Waals surface area (Å²) in [7, 11) is 4.20. The van der Waals surface area contributed by atoms with Gasteiger partial charge in [-0.15, -0.1) is 0 Å². The summed E-state index contributed by atoms with van der Waals surface area (Å²) in [6.07, 6.45) is 5.17. The van der Waals surface area contributed by atoms with Gasteiger partial charge in [0.25, 0.3) is 0 Å². The van der Waals surface area contributed by atoms with Crippen molar-refractivity contribution in [2.75, 3.05) is 0 Å². The molecule has 5 rings (SSSR count). The van der Waals surface area contributed by atoms with Gasteiger partial charge < -0.3 is 9.13 Å². The molecule has 0 amide bonds. The highest BCUT2D eigenvalue weighted by molar-refractivity contribution is 5.89. The Morgan fingerprint density at radius 1 is 0.760 bits per heavy atom. The average molecular weight is 323 g/mol. The molecule has 25 heavy (non-hydrogen) atoms. The third-order valence-corrected chi connectivity index (χ3v) is 5.25. The molecule has 2 heterocycles. The maximum Gasteiger partial charge on any atom is 0.0490 e. The lowest BCUT2D eigenvalue weighted by Gasteiger charge is -2.14. The summed E-state index contributed by atoms with van der Waals surface area (Å²) in [6, 6.07) is 23.4. The molecule has 0 unspecified atom stereocenters. The molecule has 2 nitrogen and oxygen atoms in total. The first kappa shape index (κ1) is 14.4. The number of hydrogen-bond donors (Lipinski definition) is 0. The highest BCUT2D eigenvalue weighted by atomic mass is 14.9. The minimum absolute atomic E-state index is 0.969. The van der Waals surface area contributed by atoms with Gasteiger partial charge in [0.2, 0.25) is 0 Å². The van der Waals surface area contributed by atoms with Gasteiger partial charge in [0.05, 0.1) is 0 Å². The normalized spacial score (nSPS) is 12.2. The minimum atomic E-state index is 0.969. The standard InChI is InChI=1S/C23H19N2/c1-24-11-5-9-22(24)20-14-17-13-16-7-3-4-8-18(16)19(17)15-21(20)23-10-6-12-25(23)2/h3-12,15H,13H2,1-2H3. The zero-order valence-corrected chi connectivity index (χ0v) is 14.5. The molecule has 0 bridgehead atoms. The van der Waals surface area contributed by atoms with Gasteiger partial charge in [0.1, 0.15) is 0 Å². The van der Waals surface area contributed by atoms with E-state index in [4.69, 9.17) is 0 Å². The number of rotatable bonds is 2. The summed E-state index contributed by atoms with van der Waals surface area (Å²) >= 11 is 0. The first-order valence-corrected chi connectivity index (χ1v) is 8.63. The van der Waals surface area contributed by atoms with E-state index >= 15 is 0 Å². The van der Waals surface area contributed by atoms with Crippen LogP contribution >= 0.6 is 0 Å². The summed E-state index contributed by atoms with van der Waals surface area (Å²) < 4.78 is 4.36. The molecule has 0 aliphatic heterocycles. The van der Waals surface area contributed by atoms with Crippen molar-refractivity contribution in [3.05, 3.63) is 84.2 Å². The fraction of sp³-hybridized carbons (Fsp3) is 0.130. The molecule has 1 aliphatic rings. The van der Waals surface area contributed by atoms with Crippen LogP contribution in [0.4, 0.5) is 0 Å². The predicted octanol–water partition coefficient (Wildman–Crippen LogP) is 5.07.